The number of rotatable bonds is 5. The van der Waals surface area contributed by atoms with Crippen LogP contribution >= 0.6 is 11.3 Å². The zero-order valence-corrected chi connectivity index (χ0v) is 16.4. The van der Waals surface area contributed by atoms with Gasteiger partial charge in [-0.25, -0.2) is 4.98 Å². The Hall–Kier alpha value is -2.54. The van der Waals surface area contributed by atoms with Crippen molar-refractivity contribution < 1.29 is 4.79 Å². The lowest BCUT2D eigenvalue weighted by Gasteiger charge is -2.33. The van der Waals surface area contributed by atoms with E-state index in [0.29, 0.717) is 6.54 Å². The summed E-state index contributed by atoms with van der Waals surface area (Å²) in [7, 11) is 0. The fourth-order valence-corrected chi connectivity index (χ4v) is 4.88. The zero-order chi connectivity index (χ0) is 18.9. The highest BCUT2D eigenvalue weighted by atomic mass is 32.1. The molecule has 0 amide bonds. The first-order valence-corrected chi connectivity index (χ1v) is 10.5. The quantitative estimate of drug-likeness (QED) is 0.527. The molecule has 5 nitrogen and oxygen atoms in total. The lowest BCUT2D eigenvalue weighted by Crippen LogP contribution is -2.47. The van der Waals surface area contributed by atoms with Gasteiger partial charge in [-0.15, -0.1) is 11.3 Å². The molecule has 4 aromatic rings. The van der Waals surface area contributed by atoms with Gasteiger partial charge < -0.3 is 4.98 Å². The summed E-state index contributed by atoms with van der Waals surface area (Å²) in [6, 6.07) is 16.3. The van der Waals surface area contributed by atoms with Gasteiger partial charge in [0.25, 0.3) is 0 Å². The van der Waals surface area contributed by atoms with Gasteiger partial charge in [0, 0.05) is 48.8 Å². The highest BCUT2D eigenvalue weighted by Crippen LogP contribution is 2.23. The average molecular weight is 391 g/mol. The van der Waals surface area contributed by atoms with Crippen molar-refractivity contribution >= 4 is 38.2 Å². The van der Waals surface area contributed by atoms with Crippen LogP contribution in [0, 0.1) is 0 Å². The molecular weight excluding hydrogens is 368 g/mol. The van der Waals surface area contributed by atoms with E-state index < -0.39 is 0 Å². The second kappa shape index (κ2) is 7.47. The first-order valence-electron chi connectivity index (χ1n) is 9.65. The number of piperazine rings is 1. The number of aromatic amines is 1. The van der Waals surface area contributed by atoms with Crippen LogP contribution < -0.4 is 0 Å². The summed E-state index contributed by atoms with van der Waals surface area (Å²) in [6.45, 7) is 5.15. The predicted molar refractivity (Wildman–Crippen MR) is 114 cm³/mol. The molecule has 142 valence electrons. The Labute approximate surface area is 167 Å². The van der Waals surface area contributed by atoms with Gasteiger partial charge >= 0.3 is 0 Å². The van der Waals surface area contributed by atoms with E-state index in [1.165, 1.54) is 9.71 Å². The minimum Gasteiger partial charge on any atom is -0.360 e. The lowest BCUT2D eigenvalue weighted by atomic mass is 10.1. The Bertz CT molecular complexity index is 1090. The normalized spacial score (nSPS) is 16.1. The molecule has 3 heterocycles. The van der Waals surface area contributed by atoms with Crippen molar-refractivity contribution in [3.63, 3.8) is 0 Å². The maximum atomic E-state index is 12.8. The second-order valence-electron chi connectivity index (χ2n) is 7.30. The van der Waals surface area contributed by atoms with E-state index in [2.05, 4.69) is 33.0 Å². The number of nitrogens with one attached hydrogen (secondary N) is 1. The average Bonchev–Trinajstić information content (AvgIpc) is 3.33. The van der Waals surface area contributed by atoms with Gasteiger partial charge in [0.1, 0.15) is 5.01 Å². The molecule has 0 bridgehead atoms. The van der Waals surface area contributed by atoms with Crippen LogP contribution in [0.4, 0.5) is 0 Å². The van der Waals surface area contributed by atoms with Gasteiger partial charge in [-0.1, -0.05) is 30.3 Å². The summed E-state index contributed by atoms with van der Waals surface area (Å²) in [4.78, 5) is 25.4. The number of aromatic nitrogens is 2. The van der Waals surface area contributed by atoms with Gasteiger partial charge in [-0.2, -0.15) is 0 Å². The van der Waals surface area contributed by atoms with Crippen LogP contribution in [0.25, 0.3) is 21.1 Å². The van der Waals surface area contributed by atoms with Crippen LogP contribution in [-0.2, 0) is 6.54 Å². The van der Waals surface area contributed by atoms with Crippen molar-refractivity contribution in [2.75, 3.05) is 32.7 Å². The fourth-order valence-electron chi connectivity index (χ4n) is 3.87. The molecule has 1 N–H and O–H groups in total. The van der Waals surface area contributed by atoms with Gasteiger partial charge in [0.15, 0.2) is 5.78 Å². The number of fused-ring (bicyclic) bond motifs is 2. The summed E-state index contributed by atoms with van der Waals surface area (Å²) in [5, 5.41) is 2.19. The summed E-state index contributed by atoms with van der Waals surface area (Å²) in [5.41, 5.74) is 2.91. The third-order valence-electron chi connectivity index (χ3n) is 5.42. The van der Waals surface area contributed by atoms with E-state index in [1.54, 1.807) is 11.3 Å². The summed E-state index contributed by atoms with van der Waals surface area (Å²) in [5.74, 6) is 0.192. The van der Waals surface area contributed by atoms with Crippen LogP contribution in [-0.4, -0.2) is 58.3 Å². The van der Waals surface area contributed by atoms with Crippen LogP contribution in [0.3, 0.4) is 0 Å². The number of ketones is 1. The first kappa shape index (κ1) is 17.6. The van der Waals surface area contributed by atoms with E-state index in [0.717, 1.165) is 54.7 Å². The minimum atomic E-state index is 0.192. The molecule has 2 aromatic heterocycles. The number of para-hydroxylation sites is 2. The van der Waals surface area contributed by atoms with Crippen molar-refractivity contribution in [2.24, 2.45) is 0 Å². The summed E-state index contributed by atoms with van der Waals surface area (Å²) < 4.78 is 1.25. The van der Waals surface area contributed by atoms with Crippen molar-refractivity contribution in [3.8, 4) is 0 Å². The molecule has 0 spiro atoms. The molecule has 6 heteroatoms. The molecule has 2 aromatic carbocycles. The first-order chi connectivity index (χ1) is 13.8. The topological polar surface area (TPSA) is 52.2 Å². The molecule has 0 saturated carbocycles. The standard InChI is InChI=1S/C22H22N4OS/c27-20(17-13-23-18-6-2-1-5-16(17)18)14-25-9-11-26(12-10-25)15-22-24-19-7-3-4-8-21(19)28-22/h1-8,13,23H,9-12,14-15H2. The van der Waals surface area contributed by atoms with Crippen LogP contribution in [0.2, 0.25) is 0 Å². The molecule has 28 heavy (non-hydrogen) atoms. The smallest absolute Gasteiger partial charge is 0.178 e. The number of thiazole rings is 1. The van der Waals surface area contributed by atoms with E-state index >= 15 is 0 Å². The number of carbonyl (C=O) groups excluding carboxylic acids is 1. The van der Waals surface area contributed by atoms with Gasteiger partial charge in [-0.05, 0) is 18.2 Å². The van der Waals surface area contributed by atoms with E-state index in [9.17, 15) is 4.79 Å². The number of carbonyl (C=O) groups is 1. The minimum absolute atomic E-state index is 0.192. The Kier molecular flexibility index (Phi) is 4.68. The number of nitrogens with zero attached hydrogens (tertiary/aromatic N) is 3. The van der Waals surface area contributed by atoms with Crippen molar-refractivity contribution in [3.05, 3.63) is 65.3 Å². The fraction of sp³-hybridized carbons (Fsp3) is 0.273. The number of hydrogen-bond acceptors (Lipinski definition) is 5. The van der Waals surface area contributed by atoms with Gasteiger partial charge in [0.05, 0.1) is 23.3 Å². The highest BCUT2D eigenvalue weighted by Gasteiger charge is 2.21. The van der Waals surface area contributed by atoms with Gasteiger partial charge in [-0.3, -0.25) is 14.6 Å². The maximum Gasteiger partial charge on any atom is 0.178 e. The highest BCUT2D eigenvalue weighted by molar-refractivity contribution is 7.18. The van der Waals surface area contributed by atoms with Crippen molar-refractivity contribution in [1.29, 1.82) is 0 Å². The van der Waals surface area contributed by atoms with E-state index in [-0.39, 0.29) is 5.78 Å². The molecular formula is C22H22N4OS. The molecule has 1 saturated heterocycles. The molecule has 1 aliphatic heterocycles. The van der Waals surface area contributed by atoms with Crippen molar-refractivity contribution in [2.45, 2.75) is 6.54 Å². The molecule has 0 atom stereocenters. The summed E-state index contributed by atoms with van der Waals surface area (Å²) in [6.07, 6.45) is 1.84. The predicted octanol–water partition coefficient (Wildman–Crippen LogP) is 3.78. The van der Waals surface area contributed by atoms with E-state index in [4.69, 9.17) is 4.98 Å². The third-order valence-corrected chi connectivity index (χ3v) is 6.44. The molecule has 1 aliphatic rings. The molecule has 5 rings (SSSR count). The Morgan fingerprint density at radius 1 is 1.00 bits per heavy atom. The van der Waals surface area contributed by atoms with Crippen molar-refractivity contribution in [1.82, 2.24) is 19.8 Å². The molecule has 0 radical (unpaired) electrons. The Morgan fingerprint density at radius 2 is 1.75 bits per heavy atom. The second-order valence-corrected chi connectivity index (χ2v) is 8.41. The van der Waals surface area contributed by atoms with E-state index in [1.807, 2.05) is 36.5 Å². The zero-order valence-electron chi connectivity index (χ0n) is 15.6. The third kappa shape index (κ3) is 3.46. The number of benzene rings is 2. The summed E-state index contributed by atoms with van der Waals surface area (Å²) >= 11 is 1.78. The van der Waals surface area contributed by atoms with Crippen LogP contribution in [0.1, 0.15) is 15.4 Å². The SMILES string of the molecule is O=C(CN1CCN(Cc2nc3ccccc3s2)CC1)c1c[nH]c2ccccc12. The molecule has 1 fully saturated rings. The molecule has 0 unspecified atom stereocenters. The number of Topliss-reactive ketones (excluding diaryl/α,β-unsaturated/α-hetero) is 1. The molecule has 0 aliphatic carbocycles. The number of H-pyrrole nitrogens is 1. The lowest BCUT2D eigenvalue weighted by molar-refractivity contribution is 0.0845. The monoisotopic (exact) mass is 390 g/mol. The Balaban J connectivity index is 1.18. The van der Waals surface area contributed by atoms with Crippen LogP contribution in [0.15, 0.2) is 54.7 Å². The van der Waals surface area contributed by atoms with Gasteiger partial charge in [0.2, 0.25) is 0 Å². The largest absolute Gasteiger partial charge is 0.360 e. The number of hydrogen-bond donors (Lipinski definition) is 1. The maximum absolute atomic E-state index is 12.8. The van der Waals surface area contributed by atoms with Crippen LogP contribution in [0.5, 0.6) is 0 Å². The Morgan fingerprint density at radius 3 is 2.61 bits per heavy atom.